The molecule has 186 valence electrons. The van der Waals surface area contributed by atoms with Gasteiger partial charge in [-0.2, -0.15) is 0 Å². The molecule has 0 aliphatic heterocycles. The summed E-state index contributed by atoms with van der Waals surface area (Å²) in [7, 11) is 3.23. The zero-order valence-electron chi connectivity index (χ0n) is 20.4. The van der Waals surface area contributed by atoms with Gasteiger partial charge in [0, 0.05) is 11.9 Å². The number of aromatic nitrogens is 3. The maximum Gasteiger partial charge on any atom is 0.341 e. The summed E-state index contributed by atoms with van der Waals surface area (Å²) in [6.07, 6.45) is 4.58. The summed E-state index contributed by atoms with van der Waals surface area (Å²) >= 11 is 2.77. The highest BCUT2D eigenvalue weighted by Gasteiger charge is 2.27. The molecule has 3 aromatic rings. The lowest BCUT2D eigenvalue weighted by Gasteiger charge is -2.14. The molecule has 1 unspecified atom stereocenters. The maximum absolute atomic E-state index is 12.7. The largest absolute Gasteiger partial charge is 0.483 e. The second-order valence-corrected chi connectivity index (χ2v) is 10.4. The molecule has 1 aliphatic carbocycles. The number of thiophene rings is 1. The van der Waals surface area contributed by atoms with Crippen LogP contribution in [0.15, 0.2) is 29.4 Å². The van der Waals surface area contributed by atoms with Crippen molar-refractivity contribution in [3.05, 3.63) is 51.7 Å². The SMILES string of the molecule is CCc1ccc(OC(C)c2nnc(SCC(=O)Nc3sc4c(c3C(=O)OC)CCCC4)n2C)cc1. The van der Waals surface area contributed by atoms with Crippen molar-refractivity contribution >= 4 is 40.0 Å². The molecule has 1 aromatic carbocycles. The van der Waals surface area contributed by atoms with Gasteiger partial charge in [-0.05, 0) is 62.3 Å². The van der Waals surface area contributed by atoms with Crippen molar-refractivity contribution in [3.8, 4) is 5.75 Å². The number of hydrogen-bond acceptors (Lipinski definition) is 8. The third-order valence-electron chi connectivity index (χ3n) is 6.02. The Kier molecular flexibility index (Phi) is 8.12. The Morgan fingerprint density at radius 1 is 1.20 bits per heavy atom. The van der Waals surface area contributed by atoms with Crippen molar-refractivity contribution in [2.24, 2.45) is 7.05 Å². The number of aryl methyl sites for hydroxylation is 2. The number of nitrogens with zero attached hydrogens (tertiary/aromatic N) is 3. The van der Waals surface area contributed by atoms with Crippen LogP contribution in [0.3, 0.4) is 0 Å². The normalized spacial score (nSPS) is 13.7. The van der Waals surface area contributed by atoms with Crippen LogP contribution < -0.4 is 10.1 Å². The Morgan fingerprint density at radius 3 is 2.66 bits per heavy atom. The smallest absolute Gasteiger partial charge is 0.341 e. The number of hydrogen-bond donors (Lipinski definition) is 1. The first-order valence-electron chi connectivity index (χ1n) is 11.7. The van der Waals surface area contributed by atoms with Gasteiger partial charge in [-0.1, -0.05) is 30.8 Å². The number of fused-ring (bicyclic) bond motifs is 1. The summed E-state index contributed by atoms with van der Waals surface area (Å²) in [4.78, 5) is 26.3. The molecule has 1 atom stereocenters. The lowest BCUT2D eigenvalue weighted by Crippen LogP contribution is -2.17. The molecule has 1 aliphatic rings. The van der Waals surface area contributed by atoms with E-state index in [-0.39, 0.29) is 17.8 Å². The van der Waals surface area contributed by atoms with Crippen LogP contribution in [-0.4, -0.2) is 39.5 Å². The molecule has 0 spiro atoms. The van der Waals surface area contributed by atoms with Gasteiger partial charge in [0.05, 0.1) is 18.4 Å². The molecule has 10 heteroatoms. The predicted molar refractivity (Wildman–Crippen MR) is 138 cm³/mol. The van der Waals surface area contributed by atoms with E-state index in [1.165, 1.54) is 35.8 Å². The second kappa shape index (κ2) is 11.3. The number of carbonyl (C=O) groups is 2. The average Bonchev–Trinajstić information content (AvgIpc) is 3.42. The van der Waals surface area contributed by atoms with E-state index in [0.29, 0.717) is 21.5 Å². The molecule has 2 heterocycles. The summed E-state index contributed by atoms with van der Waals surface area (Å²) in [5, 5.41) is 12.6. The standard InChI is InChI=1S/C25H30N4O4S2/c1-5-16-10-12-17(13-11-16)33-15(2)22-27-28-25(29(22)3)34-14-20(30)26-23-21(24(31)32-4)18-8-6-7-9-19(18)35-23/h10-13,15H,5-9,14H2,1-4H3,(H,26,30). The molecule has 0 bridgehead atoms. The zero-order valence-corrected chi connectivity index (χ0v) is 22.1. The van der Waals surface area contributed by atoms with Crippen LogP contribution in [-0.2, 0) is 35.8 Å². The molecule has 1 N–H and O–H groups in total. The van der Waals surface area contributed by atoms with Gasteiger partial charge in [0.1, 0.15) is 10.8 Å². The van der Waals surface area contributed by atoms with E-state index in [2.05, 4.69) is 22.4 Å². The van der Waals surface area contributed by atoms with Crippen LogP contribution >= 0.6 is 23.1 Å². The zero-order chi connectivity index (χ0) is 24.9. The van der Waals surface area contributed by atoms with Gasteiger partial charge in [-0.25, -0.2) is 4.79 Å². The first kappa shape index (κ1) is 25.2. The van der Waals surface area contributed by atoms with E-state index in [9.17, 15) is 9.59 Å². The number of amides is 1. The average molecular weight is 515 g/mol. The fraction of sp³-hybridized carbons (Fsp3) is 0.440. The minimum Gasteiger partial charge on any atom is -0.483 e. The highest BCUT2D eigenvalue weighted by Crippen LogP contribution is 2.38. The van der Waals surface area contributed by atoms with Crippen molar-refractivity contribution in [1.82, 2.24) is 14.8 Å². The molecule has 2 aromatic heterocycles. The first-order chi connectivity index (χ1) is 16.9. The Hall–Kier alpha value is -2.85. The number of thioether (sulfide) groups is 1. The molecule has 0 radical (unpaired) electrons. The van der Waals surface area contributed by atoms with Gasteiger partial charge in [0.2, 0.25) is 5.91 Å². The predicted octanol–water partition coefficient (Wildman–Crippen LogP) is 4.98. The highest BCUT2D eigenvalue weighted by atomic mass is 32.2. The molecule has 1 amide bonds. The Balaban J connectivity index is 1.38. The third kappa shape index (κ3) is 5.70. The maximum atomic E-state index is 12.7. The molecule has 0 saturated heterocycles. The lowest BCUT2D eigenvalue weighted by atomic mass is 9.95. The fourth-order valence-electron chi connectivity index (χ4n) is 4.13. The monoisotopic (exact) mass is 514 g/mol. The molecule has 8 nitrogen and oxygen atoms in total. The molecule has 35 heavy (non-hydrogen) atoms. The van der Waals surface area contributed by atoms with E-state index < -0.39 is 5.97 Å². The van der Waals surface area contributed by atoms with Crippen LogP contribution in [0.25, 0.3) is 0 Å². The van der Waals surface area contributed by atoms with Gasteiger partial charge in [0.15, 0.2) is 17.1 Å². The van der Waals surface area contributed by atoms with Crippen LogP contribution in [0.5, 0.6) is 5.75 Å². The van der Waals surface area contributed by atoms with Gasteiger partial charge >= 0.3 is 5.97 Å². The first-order valence-corrected chi connectivity index (χ1v) is 13.5. The molecule has 0 fully saturated rings. The minimum absolute atomic E-state index is 0.142. The van der Waals surface area contributed by atoms with Crippen molar-refractivity contribution < 1.29 is 19.1 Å². The summed E-state index contributed by atoms with van der Waals surface area (Å²) < 4.78 is 12.9. The quantitative estimate of drug-likeness (QED) is 0.318. The molecular weight excluding hydrogens is 484 g/mol. The van der Waals surface area contributed by atoms with E-state index in [0.717, 1.165) is 48.3 Å². The second-order valence-electron chi connectivity index (χ2n) is 8.40. The molecular formula is C25H30N4O4S2. The van der Waals surface area contributed by atoms with E-state index in [1.807, 2.05) is 42.8 Å². The summed E-state index contributed by atoms with van der Waals surface area (Å²) in [5.41, 5.74) is 2.78. The number of esters is 1. The van der Waals surface area contributed by atoms with Crippen LogP contribution in [0.4, 0.5) is 5.00 Å². The Morgan fingerprint density at radius 2 is 1.94 bits per heavy atom. The van der Waals surface area contributed by atoms with Crippen molar-refractivity contribution in [2.75, 3.05) is 18.2 Å². The molecule has 0 saturated carbocycles. The van der Waals surface area contributed by atoms with Crippen molar-refractivity contribution in [1.29, 1.82) is 0 Å². The Labute approximate surface area is 213 Å². The van der Waals surface area contributed by atoms with Crippen LogP contribution in [0.1, 0.15) is 65.0 Å². The lowest BCUT2D eigenvalue weighted by molar-refractivity contribution is -0.113. The van der Waals surface area contributed by atoms with Gasteiger partial charge in [0.25, 0.3) is 0 Å². The van der Waals surface area contributed by atoms with E-state index in [1.54, 1.807) is 0 Å². The molecule has 4 rings (SSSR count). The van der Waals surface area contributed by atoms with Crippen molar-refractivity contribution in [2.45, 2.75) is 57.2 Å². The van der Waals surface area contributed by atoms with E-state index >= 15 is 0 Å². The fourth-order valence-corrected chi connectivity index (χ4v) is 6.14. The summed E-state index contributed by atoms with van der Waals surface area (Å²) in [5.74, 6) is 0.980. The third-order valence-corrected chi connectivity index (χ3v) is 8.25. The van der Waals surface area contributed by atoms with Crippen LogP contribution in [0.2, 0.25) is 0 Å². The topological polar surface area (TPSA) is 95.3 Å². The van der Waals surface area contributed by atoms with Gasteiger partial charge < -0.3 is 19.4 Å². The number of ether oxygens (including phenoxy) is 2. The number of anilines is 1. The number of nitrogens with one attached hydrogen (secondary N) is 1. The van der Waals surface area contributed by atoms with Crippen LogP contribution in [0, 0.1) is 0 Å². The number of methoxy groups -OCH3 is 1. The van der Waals surface area contributed by atoms with Gasteiger partial charge in [-0.3, -0.25) is 4.79 Å². The van der Waals surface area contributed by atoms with E-state index in [4.69, 9.17) is 9.47 Å². The Bertz CT molecular complexity index is 1200. The van der Waals surface area contributed by atoms with Gasteiger partial charge in [-0.15, -0.1) is 21.5 Å². The minimum atomic E-state index is -0.399. The summed E-state index contributed by atoms with van der Waals surface area (Å²) in [6, 6.07) is 8.01. The number of rotatable bonds is 9. The van der Waals surface area contributed by atoms with Crippen molar-refractivity contribution in [3.63, 3.8) is 0 Å². The number of benzene rings is 1. The summed E-state index contributed by atoms with van der Waals surface area (Å²) in [6.45, 7) is 4.04. The highest BCUT2D eigenvalue weighted by molar-refractivity contribution is 7.99. The number of carbonyl (C=O) groups excluding carboxylic acids is 2.